The van der Waals surface area contributed by atoms with E-state index in [1.807, 2.05) is 12.1 Å². The molecule has 17 heavy (non-hydrogen) atoms. The largest absolute Gasteiger partial charge is 0.357 e. The number of fused-ring (bicyclic) bond motifs is 3. The number of aromatic amines is 2. The summed E-state index contributed by atoms with van der Waals surface area (Å²) in [4.78, 5) is 27.8. The van der Waals surface area contributed by atoms with Gasteiger partial charge in [-0.05, 0) is 24.3 Å². The molecule has 3 aromatic rings. The van der Waals surface area contributed by atoms with Crippen LogP contribution in [-0.2, 0) is 4.79 Å². The molecule has 2 heterocycles. The highest BCUT2D eigenvalue weighted by molar-refractivity contribution is 6.05. The Morgan fingerprint density at radius 2 is 2.06 bits per heavy atom. The minimum Gasteiger partial charge on any atom is -0.357 e. The van der Waals surface area contributed by atoms with Gasteiger partial charge in [-0.1, -0.05) is 0 Å². The molecule has 1 aromatic carbocycles. The van der Waals surface area contributed by atoms with Gasteiger partial charge in [0.25, 0.3) is 5.56 Å². The number of carbonyl (C=O) groups excluding carboxylic acids is 1. The van der Waals surface area contributed by atoms with E-state index in [0.29, 0.717) is 17.6 Å². The maximum atomic E-state index is 11.7. The third-order valence-electron chi connectivity index (χ3n) is 2.76. The highest BCUT2D eigenvalue weighted by atomic mass is 16.1. The number of H-pyrrole nitrogens is 2. The molecule has 5 heteroatoms. The van der Waals surface area contributed by atoms with Crippen LogP contribution in [0, 0.1) is 0 Å². The van der Waals surface area contributed by atoms with Gasteiger partial charge in [-0.2, -0.15) is 0 Å². The quantitative estimate of drug-likeness (QED) is 0.581. The van der Waals surface area contributed by atoms with Crippen molar-refractivity contribution in [2.75, 3.05) is 5.32 Å². The van der Waals surface area contributed by atoms with Gasteiger partial charge in [-0.25, -0.2) is 0 Å². The van der Waals surface area contributed by atoms with Crippen molar-refractivity contribution in [3.8, 4) is 0 Å². The standard InChI is InChI=1S/C12H9N3O2/c16-6-14-7-1-2-10-9(5-7)8-3-4-13-11(8)12(17)15-10/h1-6,13H,(H,14,16)(H,15,17). The molecular formula is C12H9N3O2. The molecule has 0 aliphatic heterocycles. The first kappa shape index (κ1) is 9.65. The topological polar surface area (TPSA) is 77.8 Å². The van der Waals surface area contributed by atoms with Gasteiger partial charge >= 0.3 is 0 Å². The van der Waals surface area contributed by atoms with Crippen LogP contribution in [0.1, 0.15) is 0 Å². The maximum Gasteiger partial charge on any atom is 0.272 e. The predicted molar refractivity (Wildman–Crippen MR) is 66.1 cm³/mol. The number of hydrogen-bond donors (Lipinski definition) is 3. The number of rotatable bonds is 2. The first-order chi connectivity index (χ1) is 8.29. The zero-order valence-corrected chi connectivity index (χ0v) is 8.78. The minimum atomic E-state index is -0.145. The monoisotopic (exact) mass is 227 g/mol. The van der Waals surface area contributed by atoms with Crippen LogP contribution in [-0.4, -0.2) is 16.4 Å². The van der Waals surface area contributed by atoms with E-state index in [2.05, 4.69) is 15.3 Å². The summed E-state index contributed by atoms with van der Waals surface area (Å²) in [5.74, 6) is 0. The van der Waals surface area contributed by atoms with E-state index in [0.717, 1.165) is 16.3 Å². The van der Waals surface area contributed by atoms with E-state index >= 15 is 0 Å². The molecule has 0 saturated heterocycles. The van der Waals surface area contributed by atoms with Crippen LogP contribution in [0.3, 0.4) is 0 Å². The Labute approximate surface area is 95.5 Å². The van der Waals surface area contributed by atoms with E-state index in [9.17, 15) is 9.59 Å². The van der Waals surface area contributed by atoms with E-state index in [1.54, 1.807) is 18.3 Å². The van der Waals surface area contributed by atoms with Gasteiger partial charge in [0.15, 0.2) is 0 Å². The lowest BCUT2D eigenvalue weighted by molar-refractivity contribution is -0.105. The summed E-state index contributed by atoms with van der Waals surface area (Å²) in [6, 6.07) is 7.19. The van der Waals surface area contributed by atoms with Gasteiger partial charge in [0, 0.05) is 28.2 Å². The van der Waals surface area contributed by atoms with Crippen molar-refractivity contribution in [3.05, 3.63) is 40.8 Å². The summed E-state index contributed by atoms with van der Waals surface area (Å²) in [6.45, 7) is 0. The van der Waals surface area contributed by atoms with Gasteiger partial charge in [0.2, 0.25) is 6.41 Å². The predicted octanol–water partition coefficient (Wildman–Crippen LogP) is 1.58. The lowest BCUT2D eigenvalue weighted by atomic mass is 10.1. The van der Waals surface area contributed by atoms with E-state index in [1.165, 1.54) is 0 Å². The molecule has 0 spiro atoms. The number of benzene rings is 1. The van der Waals surface area contributed by atoms with Crippen LogP contribution in [0.4, 0.5) is 5.69 Å². The van der Waals surface area contributed by atoms with Crippen LogP contribution in [0.25, 0.3) is 21.8 Å². The van der Waals surface area contributed by atoms with Crippen molar-refractivity contribution in [3.63, 3.8) is 0 Å². The number of carbonyl (C=O) groups is 1. The Morgan fingerprint density at radius 3 is 2.88 bits per heavy atom. The second kappa shape index (κ2) is 3.48. The Bertz CT molecular complexity index is 770. The number of anilines is 1. The van der Waals surface area contributed by atoms with Gasteiger partial charge in [0.1, 0.15) is 5.52 Å². The van der Waals surface area contributed by atoms with E-state index < -0.39 is 0 Å². The second-order valence-corrected chi connectivity index (χ2v) is 3.74. The number of aromatic nitrogens is 2. The summed E-state index contributed by atoms with van der Waals surface area (Å²) < 4.78 is 0. The fourth-order valence-corrected chi connectivity index (χ4v) is 2.00. The number of hydrogen-bond acceptors (Lipinski definition) is 2. The summed E-state index contributed by atoms with van der Waals surface area (Å²) in [6.07, 6.45) is 2.35. The van der Waals surface area contributed by atoms with Crippen molar-refractivity contribution in [2.45, 2.75) is 0 Å². The van der Waals surface area contributed by atoms with Crippen LogP contribution in [0.2, 0.25) is 0 Å². The molecular weight excluding hydrogens is 218 g/mol. The fraction of sp³-hybridized carbons (Fsp3) is 0. The smallest absolute Gasteiger partial charge is 0.272 e. The Kier molecular flexibility index (Phi) is 1.98. The average Bonchev–Trinajstić information content (AvgIpc) is 2.80. The van der Waals surface area contributed by atoms with Crippen LogP contribution in [0.5, 0.6) is 0 Å². The molecule has 5 nitrogen and oxygen atoms in total. The molecule has 1 amide bonds. The lowest BCUT2D eigenvalue weighted by Gasteiger charge is -2.03. The summed E-state index contributed by atoms with van der Waals surface area (Å²) >= 11 is 0. The molecule has 2 aromatic heterocycles. The highest BCUT2D eigenvalue weighted by Crippen LogP contribution is 2.23. The second-order valence-electron chi connectivity index (χ2n) is 3.74. The van der Waals surface area contributed by atoms with Crippen molar-refractivity contribution in [2.24, 2.45) is 0 Å². The maximum absolute atomic E-state index is 11.7. The van der Waals surface area contributed by atoms with Crippen molar-refractivity contribution >= 4 is 33.9 Å². The molecule has 0 fully saturated rings. The molecule has 3 N–H and O–H groups in total. The third-order valence-corrected chi connectivity index (χ3v) is 2.76. The molecule has 84 valence electrons. The van der Waals surface area contributed by atoms with Gasteiger partial charge in [-0.15, -0.1) is 0 Å². The lowest BCUT2D eigenvalue weighted by Crippen LogP contribution is -2.06. The highest BCUT2D eigenvalue weighted by Gasteiger charge is 2.06. The van der Waals surface area contributed by atoms with Crippen molar-refractivity contribution < 1.29 is 4.79 Å². The molecule has 0 bridgehead atoms. The zero-order valence-electron chi connectivity index (χ0n) is 8.78. The van der Waals surface area contributed by atoms with Gasteiger partial charge in [-0.3, -0.25) is 9.59 Å². The first-order valence-electron chi connectivity index (χ1n) is 5.13. The SMILES string of the molecule is O=CNc1ccc2[nH]c(=O)c3[nH]ccc3c2c1. The number of pyridine rings is 1. The van der Waals surface area contributed by atoms with Crippen LogP contribution >= 0.6 is 0 Å². The summed E-state index contributed by atoms with van der Waals surface area (Å²) in [5.41, 5.74) is 1.84. The molecule has 0 saturated carbocycles. The molecule has 3 rings (SSSR count). The zero-order chi connectivity index (χ0) is 11.8. The minimum absolute atomic E-state index is 0.145. The first-order valence-corrected chi connectivity index (χ1v) is 5.13. The normalized spacial score (nSPS) is 10.8. The Morgan fingerprint density at radius 1 is 1.18 bits per heavy atom. The third kappa shape index (κ3) is 1.40. The molecule has 0 aliphatic rings. The number of nitrogens with one attached hydrogen (secondary N) is 3. The van der Waals surface area contributed by atoms with Crippen LogP contribution < -0.4 is 10.9 Å². The van der Waals surface area contributed by atoms with Gasteiger partial charge < -0.3 is 15.3 Å². The van der Waals surface area contributed by atoms with Gasteiger partial charge in [0.05, 0.1) is 0 Å². The van der Waals surface area contributed by atoms with Crippen molar-refractivity contribution in [1.82, 2.24) is 9.97 Å². The Balaban J connectivity index is 2.44. The average molecular weight is 227 g/mol. The summed E-state index contributed by atoms with van der Waals surface area (Å²) in [7, 11) is 0. The summed E-state index contributed by atoms with van der Waals surface area (Å²) in [5, 5.41) is 4.33. The van der Waals surface area contributed by atoms with Crippen molar-refractivity contribution in [1.29, 1.82) is 0 Å². The van der Waals surface area contributed by atoms with E-state index in [4.69, 9.17) is 0 Å². The molecule has 0 atom stereocenters. The van der Waals surface area contributed by atoms with Crippen LogP contribution in [0.15, 0.2) is 35.3 Å². The fourth-order valence-electron chi connectivity index (χ4n) is 2.00. The molecule has 0 radical (unpaired) electrons. The molecule has 0 aliphatic carbocycles. The Hall–Kier alpha value is -2.56. The number of amides is 1. The molecule has 0 unspecified atom stereocenters. The van der Waals surface area contributed by atoms with E-state index in [-0.39, 0.29) is 5.56 Å².